The maximum atomic E-state index is 13.1. The third kappa shape index (κ3) is 4.12. The van der Waals surface area contributed by atoms with Crippen molar-refractivity contribution in [2.75, 3.05) is 5.32 Å². The van der Waals surface area contributed by atoms with Gasteiger partial charge in [-0.15, -0.1) is 0 Å². The number of oxime groups is 1. The Labute approximate surface area is 129 Å². The SMILES string of the molecule is NC(=NO)c1cccc(NCc2ccc(F)cc2C(F)(F)F)c1. The minimum absolute atomic E-state index is 0.0897. The van der Waals surface area contributed by atoms with Crippen LogP contribution in [0, 0.1) is 5.82 Å². The standard InChI is InChI=1S/C15H13F4N3O/c16-11-5-4-10(13(7-11)15(17,18)19)8-21-12-3-1-2-9(6-12)14(20)22-23/h1-7,21,23H,8H2,(H2,20,22). The van der Waals surface area contributed by atoms with Crippen molar-refractivity contribution >= 4 is 11.5 Å². The molecule has 0 heterocycles. The van der Waals surface area contributed by atoms with Gasteiger partial charge in [0.1, 0.15) is 5.82 Å². The first kappa shape index (κ1) is 16.6. The Morgan fingerprint density at radius 1 is 1.17 bits per heavy atom. The highest BCUT2D eigenvalue weighted by Crippen LogP contribution is 2.32. The van der Waals surface area contributed by atoms with Gasteiger partial charge in [0, 0.05) is 17.8 Å². The summed E-state index contributed by atoms with van der Waals surface area (Å²) >= 11 is 0. The number of benzene rings is 2. The molecule has 0 saturated carbocycles. The molecule has 0 saturated heterocycles. The molecule has 0 radical (unpaired) electrons. The van der Waals surface area contributed by atoms with Crippen LogP contribution in [0.2, 0.25) is 0 Å². The van der Waals surface area contributed by atoms with Crippen molar-refractivity contribution in [3.63, 3.8) is 0 Å². The molecule has 122 valence electrons. The van der Waals surface area contributed by atoms with Crippen LogP contribution >= 0.6 is 0 Å². The van der Waals surface area contributed by atoms with Crippen molar-refractivity contribution in [1.82, 2.24) is 0 Å². The number of alkyl halides is 3. The predicted octanol–water partition coefficient (Wildman–Crippen LogP) is 3.55. The van der Waals surface area contributed by atoms with Crippen molar-refractivity contribution in [2.45, 2.75) is 12.7 Å². The van der Waals surface area contributed by atoms with E-state index in [1.54, 1.807) is 18.2 Å². The lowest BCUT2D eigenvalue weighted by Gasteiger charge is -2.14. The molecule has 0 aromatic heterocycles. The summed E-state index contributed by atoms with van der Waals surface area (Å²) in [7, 11) is 0. The summed E-state index contributed by atoms with van der Waals surface area (Å²) in [6, 6.07) is 8.84. The lowest BCUT2D eigenvalue weighted by molar-refractivity contribution is -0.138. The molecule has 4 N–H and O–H groups in total. The molecular formula is C15H13F4N3O. The van der Waals surface area contributed by atoms with Crippen LogP contribution in [0.1, 0.15) is 16.7 Å². The number of anilines is 1. The molecule has 2 aromatic rings. The molecule has 0 amide bonds. The molecule has 4 nitrogen and oxygen atoms in total. The van der Waals surface area contributed by atoms with Crippen molar-refractivity contribution in [3.8, 4) is 0 Å². The highest BCUT2D eigenvalue weighted by Gasteiger charge is 2.33. The minimum Gasteiger partial charge on any atom is -0.409 e. The Hall–Kier alpha value is -2.77. The van der Waals surface area contributed by atoms with E-state index in [0.29, 0.717) is 17.3 Å². The van der Waals surface area contributed by atoms with Crippen molar-refractivity contribution in [2.24, 2.45) is 10.9 Å². The monoisotopic (exact) mass is 327 g/mol. The third-order valence-electron chi connectivity index (χ3n) is 3.13. The molecule has 23 heavy (non-hydrogen) atoms. The maximum Gasteiger partial charge on any atom is 0.416 e. The average molecular weight is 327 g/mol. The first-order valence-corrected chi connectivity index (χ1v) is 6.48. The van der Waals surface area contributed by atoms with E-state index in [-0.39, 0.29) is 17.9 Å². The van der Waals surface area contributed by atoms with E-state index < -0.39 is 17.6 Å². The quantitative estimate of drug-likeness (QED) is 0.264. The number of hydrogen-bond acceptors (Lipinski definition) is 3. The highest BCUT2D eigenvalue weighted by atomic mass is 19.4. The van der Waals surface area contributed by atoms with Gasteiger partial charge in [0.15, 0.2) is 5.84 Å². The van der Waals surface area contributed by atoms with E-state index in [9.17, 15) is 17.6 Å². The largest absolute Gasteiger partial charge is 0.416 e. The number of rotatable bonds is 4. The van der Waals surface area contributed by atoms with Crippen LogP contribution in [0.5, 0.6) is 0 Å². The first-order chi connectivity index (χ1) is 10.8. The van der Waals surface area contributed by atoms with E-state index in [4.69, 9.17) is 10.9 Å². The Balaban J connectivity index is 2.22. The van der Waals surface area contributed by atoms with Gasteiger partial charge in [0.25, 0.3) is 0 Å². The summed E-state index contributed by atoms with van der Waals surface area (Å²) in [6.07, 6.45) is -4.64. The molecule has 0 aliphatic carbocycles. The lowest BCUT2D eigenvalue weighted by atomic mass is 10.1. The topological polar surface area (TPSA) is 70.6 Å². The predicted molar refractivity (Wildman–Crippen MR) is 77.7 cm³/mol. The summed E-state index contributed by atoms with van der Waals surface area (Å²) in [5, 5.41) is 14.3. The molecule has 2 rings (SSSR count). The summed E-state index contributed by atoms with van der Waals surface area (Å²) in [6.45, 7) is -0.158. The number of nitrogens with one attached hydrogen (secondary N) is 1. The number of nitrogens with two attached hydrogens (primary N) is 1. The lowest BCUT2D eigenvalue weighted by Crippen LogP contribution is -2.14. The average Bonchev–Trinajstić information content (AvgIpc) is 2.52. The van der Waals surface area contributed by atoms with Gasteiger partial charge in [-0.2, -0.15) is 13.2 Å². The van der Waals surface area contributed by atoms with E-state index in [1.165, 1.54) is 6.07 Å². The van der Waals surface area contributed by atoms with Gasteiger partial charge in [-0.25, -0.2) is 4.39 Å². The molecular weight excluding hydrogens is 314 g/mol. The Morgan fingerprint density at radius 3 is 2.57 bits per heavy atom. The van der Waals surface area contributed by atoms with E-state index in [2.05, 4.69) is 10.5 Å². The van der Waals surface area contributed by atoms with Gasteiger partial charge in [-0.05, 0) is 29.8 Å². The molecule has 0 unspecified atom stereocenters. The molecule has 0 spiro atoms. The molecule has 2 aromatic carbocycles. The van der Waals surface area contributed by atoms with Crippen LogP contribution < -0.4 is 11.1 Å². The third-order valence-corrected chi connectivity index (χ3v) is 3.13. The molecule has 0 bridgehead atoms. The first-order valence-electron chi connectivity index (χ1n) is 6.48. The fourth-order valence-electron chi connectivity index (χ4n) is 2.01. The second-order valence-electron chi connectivity index (χ2n) is 4.72. The fourth-order valence-corrected chi connectivity index (χ4v) is 2.01. The zero-order valence-electron chi connectivity index (χ0n) is 11.7. The smallest absolute Gasteiger partial charge is 0.409 e. The Morgan fingerprint density at radius 2 is 1.91 bits per heavy atom. The van der Waals surface area contributed by atoms with Gasteiger partial charge in [0.05, 0.1) is 5.56 Å². The molecule has 0 fully saturated rings. The summed E-state index contributed by atoms with van der Waals surface area (Å²) in [5.41, 5.74) is 5.22. The van der Waals surface area contributed by atoms with Crippen LogP contribution in [0.3, 0.4) is 0 Å². The van der Waals surface area contributed by atoms with E-state index >= 15 is 0 Å². The van der Waals surface area contributed by atoms with Crippen LogP contribution in [0.4, 0.5) is 23.2 Å². The van der Waals surface area contributed by atoms with Crippen LogP contribution in [0.25, 0.3) is 0 Å². The van der Waals surface area contributed by atoms with Gasteiger partial charge in [0.2, 0.25) is 0 Å². The zero-order valence-corrected chi connectivity index (χ0v) is 11.7. The normalized spacial score (nSPS) is 12.3. The van der Waals surface area contributed by atoms with Crippen LogP contribution in [-0.2, 0) is 12.7 Å². The maximum absolute atomic E-state index is 13.1. The highest BCUT2D eigenvalue weighted by molar-refractivity contribution is 5.97. The number of amidine groups is 1. The Bertz CT molecular complexity index is 729. The second-order valence-corrected chi connectivity index (χ2v) is 4.72. The van der Waals surface area contributed by atoms with Crippen molar-refractivity contribution in [1.29, 1.82) is 0 Å². The molecule has 0 aliphatic rings. The zero-order chi connectivity index (χ0) is 17.0. The van der Waals surface area contributed by atoms with Crippen LogP contribution in [0.15, 0.2) is 47.6 Å². The van der Waals surface area contributed by atoms with Gasteiger partial charge < -0.3 is 16.3 Å². The summed E-state index contributed by atoms with van der Waals surface area (Å²) in [4.78, 5) is 0. The summed E-state index contributed by atoms with van der Waals surface area (Å²) < 4.78 is 51.8. The summed E-state index contributed by atoms with van der Waals surface area (Å²) in [5.74, 6) is -1.07. The Kier molecular flexibility index (Phi) is 4.73. The minimum atomic E-state index is -4.64. The van der Waals surface area contributed by atoms with Gasteiger partial charge in [-0.1, -0.05) is 23.4 Å². The van der Waals surface area contributed by atoms with Crippen molar-refractivity contribution < 1.29 is 22.8 Å². The van der Waals surface area contributed by atoms with Gasteiger partial charge in [-0.3, -0.25) is 0 Å². The van der Waals surface area contributed by atoms with Crippen molar-refractivity contribution in [3.05, 3.63) is 65.0 Å². The molecule has 8 heteroatoms. The molecule has 0 aliphatic heterocycles. The number of nitrogens with zero attached hydrogens (tertiary/aromatic N) is 1. The van der Waals surface area contributed by atoms with E-state index in [1.807, 2.05) is 0 Å². The van der Waals surface area contributed by atoms with Gasteiger partial charge >= 0.3 is 6.18 Å². The fraction of sp³-hybridized carbons (Fsp3) is 0.133. The van der Waals surface area contributed by atoms with Crippen LogP contribution in [-0.4, -0.2) is 11.0 Å². The second kappa shape index (κ2) is 6.55. The molecule has 0 atom stereocenters. The number of halogens is 4. The van der Waals surface area contributed by atoms with E-state index in [0.717, 1.165) is 12.1 Å². The number of hydrogen-bond donors (Lipinski definition) is 3.